The second-order valence-corrected chi connectivity index (χ2v) is 2.64. The van der Waals surface area contributed by atoms with Crippen LogP contribution in [-0.2, 0) is 11.3 Å². The van der Waals surface area contributed by atoms with Gasteiger partial charge in [-0.25, -0.2) is 0 Å². The summed E-state index contributed by atoms with van der Waals surface area (Å²) < 4.78 is 0. The van der Waals surface area contributed by atoms with E-state index in [2.05, 4.69) is 10.3 Å². The van der Waals surface area contributed by atoms with E-state index in [1.165, 1.54) is 0 Å². The Kier molecular flexibility index (Phi) is 10.7. The zero-order valence-corrected chi connectivity index (χ0v) is 9.68. The van der Waals surface area contributed by atoms with Gasteiger partial charge in [-0.1, -0.05) is 6.07 Å². The van der Waals surface area contributed by atoms with Crippen molar-refractivity contribution in [3.63, 3.8) is 0 Å². The summed E-state index contributed by atoms with van der Waals surface area (Å²) in [6, 6.07) is 5.65. The van der Waals surface area contributed by atoms with Gasteiger partial charge in [0.2, 0.25) is 0 Å². The second-order valence-electron chi connectivity index (χ2n) is 2.64. The molecule has 2 N–H and O–H groups in total. The first-order chi connectivity index (χ1) is 6.29. The van der Waals surface area contributed by atoms with E-state index in [0.29, 0.717) is 13.1 Å². The molecule has 0 atom stereocenters. The number of carbonyl (C=O) groups is 1. The van der Waals surface area contributed by atoms with E-state index in [9.17, 15) is 4.79 Å². The molecule has 0 spiro atoms. The number of carboxylic acids is 1. The molecule has 0 unspecified atom stereocenters. The molecule has 1 rings (SSSR count). The third-order valence-electron chi connectivity index (χ3n) is 1.55. The Labute approximate surface area is 101 Å². The van der Waals surface area contributed by atoms with E-state index in [1.807, 2.05) is 18.2 Å². The molecule has 0 aliphatic carbocycles. The zero-order chi connectivity index (χ0) is 9.52. The summed E-state index contributed by atoms with van der Waals surface area (Å²) in [5, 5.41) is 11.3. The molecule has 86 valence electrons. The minimum absolute atomic E-state index is 0. The summed E-state index contributed by atoms with van der Waals surface area (Å²) in [6.45, 7) is 1.10. The highest BCUT2D eigenvalue weighted by Gasteiger charge is 1.96. The fourth-order valence-electron chi connectivity index (χ4n) is 0.914. The Bertz CT molecular complexity index is 270. The van der Waals surface area contributed by atoms with Crippen LogP contribution in [0.1, 0.15) is 12.1 Å². The lowest BCUT2D eigenvalue weighted by Crippen LogP contribution is -2.18. The highest BCUT2D eigenvalue weighted by atomic mass is 35.5. The number of aliphatic carboxylic acids is 1. The maximum absolute atomic E-state index is 10.2. The first-order valence-electron chi connectivity index (χ1n) is 4.11. The van der Waals surface area contributed by atoms with Gasteiger partial charge in [0.15, 0.2) is 0 Å². The SMILES string of the molecule is Cl.Cl.O=C(O)CCNCc1ccccn1. The molecule has 1 aromatic rings. The number of rotatable bonds is 5. The van der Waals surface area contributed by atoms with Crippen LogP contribution in [0.15, 0.2) is 24.4 Å². The summed E-state index contributed by atoms with van der Waals surface area (Å²) in [5.74, 6) is -0.784. The van der Waals surface area contributed by atoms with Crippen LogP contribution in [0.2, 0.25) is 0 Å². The van der Waals surface area contributed by atoms with Gasteiger partial charge in [-0.15, -0.1) is 24.8 Å². The number of halogens is 2. The number of nitrogens with zero attached hydrogens (tertiary/aromatic N) is 1. The maximum atomic E-state index is 10.2. The van der Waals surface area contributed by atoms with Crippen molar-refractivity contribution in [1.29, 1.82) is 0 Å². The summed E-state index contributed by atoms with van der Waals surface area (Å²) in [4.78, 5) is 14.2. The van der Waals surface area contributed by atoms with Gasteiger partial charge in [0.1, 0.15) is 0 Å². The highest BCUT2D eigenvalue weighted by molar-refractivity contribution is 5.85. The molecule has 0 amide bonds. The first-order valence-corrected chi connectivity index (χ1v) is 4.11. The van der Waals surface area contributed by atoms with E-state index in [-0.39, 0.29) is 31.2 Å². The normalized spacial score (nSPS) is 8.53. The van der Waals surface area contributed by atoms with E-state index >= 15 is 0 Å². The predicted octanol–water partition coefficient (Wildman–Crippen LogP) is 1.49. The summed E-state index contributed by atoms with van der Waals surface area (Å²) in [7, 11) is 0. The van der Waals surface area contributed by atoms with E-state index < -0.39 is 5.97 Å². The largest absolute Gasteiger partial charge is 0.481 e. The maximum Gasteiger partial charge on any atom is 0.304 e. The van der Waals surface area contributed by atoms with Crippen molar-refractivity contribution in [3.05, 3.63) is 30.1 Å². The van der Waals surface area contributed by atoms with Gasteiger partial charge in [0, 0.05) is 19.3 Å². The number of carboxylic acid groups (broad SMARTS) is 1. The molecule has 0 saturated heterocycles. The molecule has 6 heteroatoms. The molecule has 0 radical (unpaired) electrons. The molecule has 0 bridgehead atoms. The van der Waals surface area contributed by atoms with Gasteiger partial charge in [-0.05, 0) is 12.1 Å². The van der Waals surface area contributed by atoms with Crippen LogP contribution < -0.4 is 5.32 Å². The van der Waals surface area contributed by atoms with Crippen molar-refractivity contribution >= 4 is 30.8 Å². The minimum atomic E-state index is -0.784. The molecule has 0 aliphatic rings. The van der Waals surface area contributed by atoms with Crippen molar-refractivity contribution in [2.45, 2.75) is 13.0 Å². The number of nitrogens with one attached hydrogen (secondary N) is 1. The van der Waals surface area contributed by atoms with Crippen molar-refractivity contribution in [2.75, 3.05) is 6.54 Å². The first kappa shape index (κ1) is 16.6. The van der Waals surface area contributed by atoms with Gasteiger partial charge in [0.25, 0.3) is 0 Å². The Morgan fingerprint density at radius 1 is 1.40 bits per heavy atom. The zero-order valence-electron chi connectivity index (χ0n) is 8.05. The number of pyridine rings is 1. The molecular weight excluding hydrogens is 239 g/mol. The Hall–Kier alpha value is -0.840. The number of hydrogen-bond donors (Lipinski definition) is 2. The van der Waals surface area contributed by atoms with Crippen molar-refractivity contribution < 1.29 is 9.90 Å². The third-order valence-corrected chi connectivity index (χ3v) is 1.55. The van der Waals surface area contributed by atoms with Gasteiger partial charge in [-0.2, -0.15) is 0 Å². The Morgan fingerprint density at radius 3 is 2.67 bits per heavy atom. The van der Waals surface area contributed by atoms with Crippen molar-refractivity contribution in [2.24, 2.45) is 0 Å². The predicted molar refractivity (Wildman–Crippen MR) is 62.7 cm³/mol. The minimum Gasteiger partial charge on any atom is -0.481 e. The molecule has 0 fully saturated rings. The fraction of sp³-hybridized carbons (Fsp3) is 0.333. The molecular formula is C9H14Cl2N2O2. The lowest BCUT2D eigenvalue weighted by Gasteiger charge is -2.01. The quantitative estimate of drug-likeness (QED) is 0.780. The topological polar surface area (TPSA) is 62.2 Å². The summed E-state index contributed by atoms with van der Waals surface area (Å²) in [5.41, 5.74) is 0.924. The van der Waals surface area contributed by atoms with Crippen molar-refractivity contribution in [1.82, 2.24) is 10.3 Å². The summed E-state index contributed by atoms with van der Waals surface area (Å²) >= 11 is 0. The monoisotopic (exact) mass is 252 g/mol. The molecule has 0 saturated carbocycles. The molecule has 15 heavy (non-hydrogen) atoms. The van der Waals surface area contributed by atoms with E-state index in [4.69, 9.17) is 5.11 Å². The Morgan fingerprint density at radius 2 is 2.13 bits per heavy atom. The van der Waals surface area contributed by atoms with E-state index in [0.717, 1.165) is 5.69 Å². The number of hydrogen-bond acceptors (Lipinski definition) is 3. The van der Waals surface area contributed by atoms with Gasteiger partial charge < -0.3 is 10.4 Å². The van der Waals surface area contributed by atoms with Crippen LogP contribution in [0.25, 0.3) is 0 Å². The van der Waals surface area contributed by atoms with Crippen LogP contribution in [0, 0.1) is 0 Å². The molecule has 4 nitrogen and oxygen atoms in total. The smallest absolute Gasteiger partial charge is 0.304 e. The number of aromatic nitrogens is 1. The van der Waals surface area contributed by atoms with Crippen LogP contribution in [0.3, 0.4) is 0 Å². The average Bonchev–Trinajstić information content (AvgIpc) is 2.14. The van der Waals surface area contributed by atoms with Crippen molar-refractivity contribution in [3.8, 4) is 0 Å². The van der Waals surface area contributed by atoms with Gasteiger partial charge in [-0.3, -0.25) is 9.78 Å². The van der Waals surface area contributed by atoms with Crippen LogP contribution in [-0.4, -0.2) is 22.6 Å². The molecule has 0 aromatic carbocycles. The lowest BCUT2D eigenvalue weighted by atomic mass is 10.3. The van der Waals surface area contributed by atoms with Crippen LogP contribution in [0.4, 0.5) is 0 Å². The van der Waals surface area contributed by atoms with Gasteiger partial charge >= 0.3 is 5.97 Å². The fourth-order valence-corrected chi connectivity index (χ4v) is 0.914. The Balaban J connectivity index is 0. The average molecular weight is 253 g/mol. The molecule has 1 heterocycles. The summed E-state index contributed by atoms with van der Waals surface area (Å²) in [6.07, 6.45) is 1.86. The van der Waals surface area contributed by atoms with Gasteiger partial charge in [0.05, 0.1) is 12.1 Å². The standard InChI is InChI=1S/C9H12N2O2.2ClH/c12-9(13)4-6-10-7-8-3-1-2-5-11-8;;/h1-3,5,10H,4,6-7H2,(H,12,13);2*1H. The third kappa shape index (κ3) is 8.17. The molecule has 1 aromatic heterocycles. The lowest BCUT2D eigenvalue weighted by molar-refractivity contribution is -0.136. The van der Waals surface area contributed by atoms with Crippen LogP contribution >= 0.6 is 24.8 Å². The van der Waals surface area contributed by atoms with Crippen LogP contribution in [0.5, 0.6) is 0 Å². The van der Waals surface area contributed by atoms with E-state index in [1.54, 1.807) is 6.20 Å². The highest BCUT2D eigenvalue weighted by Crippen LogP contribution is 1.91. The second kappa shape index (κ2) is 9.71. The molecule has 0 aliphatic heterocycles.